The van der Waals surface area contributed by atoms with Gasteiger partial charge in [-0.1, -0.05) is 19.3 Å². The number of hydrogen-bond acceptors (Lipinski definition) is 3. The van der Waals surface area contributed by atoms with Crippen molar-refractivity contribution >= 4 is 0 Å². The van der Waals surface area contributed by atoms with Crippen molar-refractivity contribution < 1.29 is 5.11 Å². The minimum absolute atomic E-state index is 0.0574. The van der Waals surface area contributed by atoms with E-state index < -0.39 is 0 Å². The molecule has 1 fully saturated rings. The molecule has 1 aromatic heterocycles. The number of hydrogen-bond donors (Lipinski definition) is 2. The fraction of sp³-hybridized carbons (Fsp3) is 0.786. The van der Waals surface area contributed by atoms with Crippen molar-refractivity contribution in [2.24, 2.45) is 0 Å². The first-order valence-electron chi connectivity index (χ1n) is 7.04. The zero-order valence-electron chi connectivity index (χ0n) is 11.5. The maximum atomic E-state index is 9.63. The molecule has 18 heavy (non-hydrogen) atoms. The Labute approximate surface area is 109 Å². The minimum atomic E-state index is -0.0574. The SMILES string of the molecule is CC(C)n1cc(CNC2(CO)CCCCC2)cn1. The van der Waals surface area contributed by atoms with Gasteiger partial charge in [0.1, 0.15) is 0 Å². The van der Waals surface area contributed by atoms with Gasteiger partial charge in [0, 0.05) is 29.9 Å². The molecule has 0 amide bonds. The Hall–Kier alpha value is -0.870. The number of nitrogens with zero attached hydrogens (tertiary/aromatic N) is 2. The molecule has 0 aromatic carbocycles. The first-order valence-corrected chi connectivity index (χ1v) is 7.04. The van der Waals surface area contributed by atoms with Crippen LogP contribution in [0.2, 0.25) is 0 Å². The highest BCUT2D eigenvalue weighted by atomic mass is 16.3. The van der Waals surface area contributed by atoms with Gasteiger partial charge >= 0.3 is 0 Å². The average molecular weight is 251 g/mol. The van der Waals surface area contributed by atoms with Crippen molar-refractivity contribution in [3.63, 3.8) is 0 Å². The van der Waals surface area contributed by atoms with E-state index in [1.807, 2.05) is 10.9 Å². The lowest BCUT2D eigenvalue weighted by atomic mass is 9.82. The van der Waals surface area contributed by atoms with Crippen molar-refractivity contribution in [1.82, 2.24) is 15.1 Å². The molecule has 1 saturated carbocycles. The van der Waals surface area contributed by atoms with Crippen LogP contribution in [0, 0.1) is 0 Å². The Morgan fingerprint density at radius 3 is 2.67 bits per heavy atom. The van der Waals surface area contributed by atoms with Crippen molar-refractivity contribution in [2.75, 3.05) is 6.61 Å². The highest BCUT2D eigenvalue weighted by Crippen LogP contribution is 2.28. The summed E-state index contributed by atoms with van der Waals surface area (Å²) in [4.78, 5) is 0. The van der Waals surface area contributed by atoms with Crippen molar-refractivity contribution in [3.8, 4) is 0 Å². The number of rotatable bonds is 5. The van der Waals surface area contributed by atoms with Gasteiger partial charge in [-0.15, -0.1) is 0 Å². The predicted molar refractivity (Wildman–Crippen MR) is 72.4 cm³/mol. The molecule has 1 aromatic rings. The number of aliphatic hydroxyl groups excluding tert-OH is 1. The van der Waals surface area contributed by atoms with Crippen LogP contribution in [-0.2, 0) is 6.54 Å². The Kier molecular flexibility index (Phi) is 4.40. The lowest BCUT2D eigenvalue weighted by Gasteiger charge is -2.36. The quantitative estimate of drug-likeness (QED) is 0.844. The summed E-state index contributed by atoms with van der Waals surface area (Å²) in [6.45, 7) is 5.29. The average Bonchev–Trinajstić information content (AvgIpc) is 2.87. The number of aliphatic hydroxyl groups is 1. The van der Waals surface area contributed by atoms with Crippen LogP contribution in [0.15, 0.2) is 12.4 Å². The van der Waals surface area contributed by atoms with Gasteiger partial charge in [-0.2, -0.15) is 5.10 Å². The van der Waals surface area contributed by atoms with Crippen molar-refractivity contribution in [3.05, 3.63) is 18.0 Å². The van der Waals surface area contributed by atoms with E-state index >= 15 is 0 Å². The Balaban J connectivity index is 1.92. The molecule has 4 heteroatoms. The van der Waals surface area contributed by atoms with Crippen LogP contribution in [0.3, 0.4) is 0 Å². The van der Waals surface area contributed by atoms with E-state index in [0.717, 1.165) is 19.4 Å². The van der Waals surface area contributed by atoms with Gasteiger partial charge in [-0.05, 0) is 26.7 Å². The van der Waals surface area contributed by atoms with Gasteiger partial charge in [-0.25, -0.2) is 0 Å². The molecular formula is C14H25N3O. The molecule has 0 saturated heterocycles. The van der Waals surface area contributed by atoms with Crippen LogP contribution >= 0.6 is 0 Å². The summed E-state index contributed by atoms with van der Waals surface area (Å²) in [6.07, 6.45) is 9.92. The second-order valence-electron chi connectivity index (χ2n) is 5.78. The van der Waals surface area contributed by atoms with E-state index in [9.17, 15) is 5.11 Å². The first kappa shape index (κ1) is 13.6. The Morgan fingerprint density at radius 2 is 2.11 bits per heavy atom. The maximum absolute atomic E-state index is 9.63. The standard InChI is InChI=1S/C14H25N3O/c1-12(2)17-10-13(9-16-17)8-15-14(11-18)6-4-3-5-7-14/h9-10,12,15,18H,3-8,11H2,1-2H3. The van der Waals surface area contributed by atoms with Crippen LogP contribution in [0.4, 0.5) is 0 Å². The largest absolute Gasteiger partial charge is 0.394 e. The topological polar surface area (TPSA) is 50.1 Å². The third kappa shape index (κ3) is 3.12. The number of nitrogens with one attached hydrogen (secondary N) is 1. The van der Waals surface area contributed by atoms with Gasteiger partial charge in [0.2, 0.25) is 0 Å². The molecule has 2 rings (SSSR count). The molecule has 0 aliphatic heterocycles. The maximum Gasteiger partial charge on any atom is 0.0613 e. The predicted octanol–water partition coefficient (Wildman–Crippen LogP) is 2.25. The lowest BCUT2D eigenvalue weighted by molar-refractivity contribution is 0.119. The summed E-state index contributed by atoms with van der Waals surface area (Å²) in [5.41, 5.74) is 1.14. The third-order valence-corrected chi connectivity index (χ3v) is 3.96. The summed E-state index contributed by atoms with van der Waals surface area (Å²) in [5.74, 6) is 0. The zero-order valence-corrected chi connectivity index (χ0v) is 11.5. The zero-order chi connectivity index (χ0) is 13.0. The van der Waals surface area contributed by atoms with E-state index in [0.29, 0.717) is 6.04 Å². The summed E-state index contributed by atoms with van der Waals surface area (Å²) >= 11 is 0. The molecule has 0 bridgehead atoms. The molecule has 0 unspecified atom stereocenters. The van der Waals surface area contributed by atoms with E-state index in [1.54, 1.807) is 0 Å². The Morgan fingerprint density at radius 1 is 1.39 bits per heavy atom. The fourth-order valence-electron chi connectivity index (χ4n) is 2.66. The van der Waals surface area contributed by atoms with Gasteiger partial charge < -0.3 is 10.4 Å². The minimum Gasteiger partial charge on any atom is -0.394 e. The Bertz CT molecular complexity index is 367. The molecule has 0 spiro atoms. The lowest BCUT2D eigenvalue weighted by Crippen LogP contribution is -2.49. The van der Waals surface area contributed by atoms with Gasteiger partial charge in [-0.3, -0.25) is 4.68 Å². The molecule has 1 aliphatic carbocycles. The highest BCUT2D eigenvalue weighted by Gasteiger charge is 2.30. The molecule has 1 aliphatic rings. The third-order valence-electron chi connectivity index (χ3n) is 3.96. The summed E-state index contributed by atoms with van der Waals surface area (Å²) < 4.78 is 1.98. The van der Waals surface area contributed by atoms with Crippen molar-refractivity contribution in [2.45, 2.75) is 64.1 Å². The van der Waals surface area contributed by atoms with Gasteiger partial charge in [0.25, 0.3) is 0 Å². The monoisotopic (exact) mass is 251 g/mol. The molecule has 1 heterocycles. The second kappa shape index (κ2) is 5.85. The summed E-state index contributed by atoms with van der Waals surface area (Å²) in [5, 5.41) is 17.5. The highest BCUT2D eigenvalue weighted by molar-refractivity contribution is 5.05. The molecule has 2 N–H and O–H groups in total. The van der Waals surface area contributed by atoms with Crippen LogP contribution in [0.5, 0.6) is 0 Å². The molecular weight excluding hydrogens is 226 g/mol. The van der Waals surface area contributed by atoms with E-state index in [2.05, 4.69) is 30.5 Å². The molecule has 102 valence electrons. The molecule has 4 nitrogen and oxygen atoms in total. The van der Waals surface area contributed by atoms with E-state index in [-0.39, 0.29) is 12.1 Å². The van der Waals surface area contributed by atoms with E-state index in [4.69, 9.17) is 0 Å². The number of aromatic nitrogens is 2. The van der Waals surface area contributed by atoms with Gasteiger partial charge in [0.05, 0.1) is 12.8 Å². The molecule has 0 atom stereocenters. The van der Waals surface area contributed by atoms with Crippen LogP contribution in [0.25, 0.3) is 0 Å². The van der Waals surface area contributed by atoms with Crippen LogP contribution < -0.4 is 5.32 Å². The molecule has 0 radical (unpaired) electrons. The fourth-order valence-corrected chi connectivity index (χ4v) is 2.66. The normalized spacial score (nSPS) is 19.3. The van der Waals surface area contributed by atoms with Gasteiger partial charge in [0.15, 0.2) is 0 Å². The summed E-state index contributed by atoms with van der Waals surface area (Å²) in [7, 11) is 0. The van der Waals surface area contributed by atoms with Crippen LogP contribution in [-0.4, -0.2) is 27.0 Å². The smallest absolute Gasteiger partial charge is 0.0613 e. The first-order chi connectivity index (χ1) is 8.65. The van der Waals surface area contributed by atoms with Crippen LogP contribution in [0.1, 0.15) is 57.6 Å². The summed E-state index contributed by atoms with van der Waals surface area (Å²) in [6, 6.07) is 0.403. The van der Waals surface area contributed by atoms with Crippen molar-refractivity contribution in [1.29, 1.82) is 0 Å². The van der Waals surface area contributed by atoms with E-state index in [1.165, 1.54) is 24.8 Å². The second-order valence-corrected chi connectivity index (χ2v) is 5.78.